The molecule has 0 aliphatic rings. The monoisotopic (exact) mass is 374 g/mol. The molecule has 7 heteroatoms. The third-order valence-corrected chi connectivity index (χ3v) is 3.89. The molecule has 0 spiro atoms. The van der Waals surface area contributed by atoms with Crippen LogP contribution in [0, 0.1) is 0 Å². The fourth-order valence-corrected chi connectivity index (χ4v) is 2.51. The number of hydrogen-bond donors (Lipinski definition) is 1. The standard InChI is InChI=1S/C16H15BrN4O2/c1-10(11-3-5-13(23-2)6-4-11)19-16(22)14-7-15-18-8-12(17)9-21(15)20-14/h3-10H,1-2H3,(H,19,22)/t10-/m1/s1. The summed E-state index contributed by atoms with van der Waals surface area (Å²) in [6.07, 6.45) is 3.42. The minimum Gasteiger partial charge on any atom is -0.497 e. The zero-order chi connectivity index (χ0) is 16.4. The molecule has 23 heavy (non-hydrogen) atoms. The number of halogens is 1. The van der Waals surface area contributed by atoms with Gasteiger partial charge < -0.3 is 10.1 Å². The Kier molecular flexibility index (Phi) is 4.29. The Balaban J connectivity index is 1.76. The van der Waals surface area contributed by atoms with Gasteiger partial charge in [-0.05, 0) is 40.5 Å². The third kappa shape index (κ3) is 3.34. The lowest BCUT2D eigenvalue weighted by atomic mass is 10.1. The van der Waals surface area contributed by atoms with Crippen molar-refractivity contribution in [3.8, 4) is 5.75 Å². The summed E-state index contributed by atoms with van der Waals surface area (Å²) in [7, 11) is 1.62. The largest absolute Gasteiger partial charge is 0.497 e. The van der Waals surface area contributed by atoms with Crippen LogP contribution in [-0.4, -0.2) is 27.6 Å². The molecule has 0 fully saturated rings. The highest BCUT2D eigenvalue weighted by Crippen LogP contribution is 2.18. The fraction of sp³-hybridized carbons (Fsp3) is 0.188. The Morgan fingerprint density at radius 2 is 2.09 bits per heavy atom. The highest BCUT2D eigenvalue weighted by Gasteiger charge is 2.15. The number of ether oxygens (including phenoxy) is 1. The fourth-order valence-electron chi connectivity index (χ4n) is 2.21. The second kappa shape index (κ2) is 6.37. The van der Waals surface area contributed by atoms with Crippen LogP contribution >= 0.6 is 15.9 Å². The van der Waals surface area contributed by atoms with E-state index in [0.29, 0.717) is 11.3 Å². The first kappa shape index (κ1) is 15.5. The highest BCUT2D eigenvalue weighted by atomic mass is 79.9. The number of methoxy groups -OCH3 is 1. The normalized spacial score (nSPS) is 12.1. The van der Waals surface area contributed by atoms with Gasteiger partial charge in [-0.3, -0.25) is 4.79 Å². The average molecular weight is 375 g/mol. The number of aromatic nitrogens is 3. The number of nitrogens with zero attached hydrogens (tertiary/aromatic N) is 3. The van der Waals surface area contributed by atoms with Crippen LogP contribution in [0.25, 0.3) is 5.65 Å². The SMILES string of the molecule is COc1ccc([C@@H](C)NC(=O)c2cc3ncc(Br)cn3n2)cc1. The van der Waals surface area contributed by atoms with Crippen molar-refractivity contribution in [2.45, 2.75) is 13.0 Å². The van der Waals surface area contributed by atoms with Crippen molar-refractivity contribution in [1.82, 2.24) is 19.9 Å². The van der Waals surface area contributed by atoms with E-state index >= 15 is 0 Å². The van der Waals surface area contributed by atoms with Crippen molar-refractivity contribution < 1.29 is 9.53 Å². The van der Waals surface area contributed by atoms with Gasteiger partial charge in [0.05, 0.1) is 17.6 Å². The molecular formula is C16H15BrN4O2. The summed E-state index contributed by atoms with van der Waals surface area (Å²) in [6, 6.07) is 9.09. The van der Waals surface area contributed by atoms with Gasteiger partial charge in [0.25, 0.3) is 5.91 Å². The second-order valence-electron chi connectivity index (χ2n) is 5.07. The van der Waals surface area contributed by atoms with Crippen molar-refractivity contribution in [2.24, 2.45) is 0 Å². The molecule has 2 aromatic heterocycles. The van der Waals surface area contributed by atoms with Crippen molar-refractivity contribution in [3.63, 3.8) is 0 Å². The van der Waals surface area contributed by atoms with Crippen LogP contribution in [0.1, 0.15) is 29.0 Å². The molecule has 2 heterocycles. The van der Waals surface area contributed by atoms with Gasteiger partial charge in [-0.2, -0.15) is 5.10 Å². The summed E-state index contributed by atoms with van der Waals surface area (Å²) in [5.74, 6) is 0.541. The number of hydrogen-bond acceptors (Lipinski definition) is 4. The van der Waals surface area contributed by atoms with Gasteiger partial charge in [-0.1, -0.05) is 12.1 Å². The maximum absolute atomic E-state index is 12.4. The molecule has 0 aliphatic heterocycles. The van der Waals surface area contributed by atoms with Gasteiger partial charge >= 0.3 is 0 Å². The zero-order valence-electron chi connectivity index (χ0n) is 12.7. The second-order valence-corrected chi connectivity index (χ2v) is 5.99. The zero-order valence-corrected chi connectivity index (χ0v) is 14.2. The van der Waals surface area contributed by atoms with E-state index in [0.717, 1.165) is 15.8 Å². The quantitative estimate of drug-likeness (QED) is 0.761. The number of carbonyl (C=O) groups is 1. The maximum atomic E-state index is 12.4. The lowest BCUT2D eigenvalue weighted by molar-refractivity contribution is 0.0934. The van der Waals surface area contributed by atoms with Gasteiger partial charge in [0, 0.05) is 18.5 Å². The molecule has 0 saturated carbocycles. The maximum Gasteiger partial charge on any atom is 0.272 e. The van der Waals surface area contributed by atoms with Crippen LogP contribution in [0.5, 0.6) is 5.75 Å². The molecule has 1 aromatic carbocycles. The molecule has 6 nitrogen and oxygen atoms in total. The topological polar surface area (TPSA) is 68.5 Å². The molecule has 1 amide bonds. The highest BCUT2D eigenvalue weighted by molar-refractivity contribution is 9.10. The van der Waals surface area contributed by atoms with Gasteiger partial charge in [-0.25, -0.2) is 9.50 Å². The van der Waals surface area contributed by atoms with Crippen LogP contribution < -0.4 is 10.1 Å². The first-order chi connectivity index (χ1) is 11.1. The summed E-state index contributed by atoms with van der Waals surface area (Å²) in [6.45, 7) is 1.92. The van der Waals surface area contributed by atoms with Crippen LogP contribution in [0.2, 0.25) is 0 Å². The summed E-state index contributed by atoms with van der Waals surface area (Å²) >= 11 is 3.33. The van der Waals surface area contributed by atoms with E-state index in [-0.39, 0.29) is 11.9 Å². The van der Waals surface area contributed by atoms with E-state index in [1.165, 1.54) is 0 Å². The molecule has 0 saturated heterocycles. The Labute approximate surface area is 141 Å². The van der Waals surface area contributed by atoms with Crippen LogP contribution in [0.4, 0.5) is 0 Å². The number of carbonyl (C=O) groups excluding carboxylic acids is 1. The summed E-state index contributed by atoms with van der Waals surface area (Å²) in [5.41, 5.74) is 1.94. The molecule has 1 N–H and O–H groups in total. The minimum atomic E-state index is -0.241. The van der Waals surface area contributed by atoms with E-state index in [9.17, 15) is 4.79 Å². The first-order valence-corrected chi connectivity index (χ1v) is 7.82. The minimum absolute atomic E-state index is 0.141. The summed E-state index contributed by atoms with van der Waals surface area (Å²) < 4.78 is 7.50. The third-order valence-electron chi connectivity index (χ3n) is 3.48. The summed E-state index contributed by atoms with van der Waals surface area (Å²) in [4.78, 5) is 16.6. The van der Waals surface area contributed by atoms with Gasteiger partial charge in [0.15, 0.2) is 11.3 Å². The van der Waals surface area contributed by atoms with Gasteiger partial charge in [0.2, 0.25) is 0 Å². The van der Waals surface area contributed by atoms with Gasteiger partial charge in [0.1, 0.15) is 5.75 Å². The lowest BCUT2D eigenvalue weighted by Crippen LogP contribution is -2.27. The van der Waals surface area contributed by atoms with E-state index in [4.69, 9.17) is 4.74 Å². The number of rotatable bonds is 4. The Bertz CT molecular complexity index is 845. The molecule has 3 rings (SSSR count). The number of amides is 1. The number of fused-ring (bicyclic) bond motifs is 1. The van der Waals surface area contributed by atoms with Gasteiger partial charge in [-0.15, -0.1) is 0 Å². The van der Waals surface area contributed by atoms with E-state index < -0.39 is 0 Å². The molecule has 0 unspecified atom stereocenters. The van der Waals surface area contributed by atoms with Crippen molar-refractivity contribution in [2.75, 3.05) is 7.11 Å². The average Bonchev–Trinajstić information content (AvgIpc) is 2.98. The number of benzene rings is 1. The van der Waals surface area contributed by atoms with E-state index in [1.54, 1.807) is 30.1 Å². The lowest BCUT2D eigenvalue weighted by Gasteiger charge is -2.13. The Hall–Kier alpha value is -2.41. The predicted molar refractivity (Wildman–Crippen MR) is 89.6 cm³/mol. The molecular weight excluding hydrogens is 360 g/mol. The van der Waals surface area contributed by atoms with Crippen molar-refractivity contribution in [1.29, 1.82) is 0 Å². The predicted octanol–water partition coefficient (Wildman–Crippen LogP) is 2.99. The van der Waals surface area contributed by atoms with E-state index in [1.807, 2.05) is 31.2 Å². The van der Waals surface area contributed by atoms with Crippen LogP contribution in [-0.2, 0) is 0 Å². The smallest absolute Gasteiger partial charge is 0.272 e. The van der Waals surface area contributed by atoms with E-state index in [2.05, 4.69) is 31.3 Å². The number of nitrogens with one attached hydrogen (secondary N) is 1. The molecule has 0 bridgehead atoms. The Morgan fingerprint density at radius 1 is 1.35 bits per heavy atom. The molecule has 0 radical (unpaired) electrons. The Morgan fingerprint density at radius 3 is 2.78 bits per heavy atom. The summed E-state index contributed by atoms with van der Waals surface area (Å²) in [5, 5.41) is 7.17. The first-order valence-electron chi connectivity index (χ1n) is 7.02. The van der Waals surface area contributed by atoms with Crippen LogP contribution in [0.3, 0.4) is 0 Å². The van der Waals surface area contributed by atoms with Crippen molar-refractivity contribution in [3.05, 3.63) is 58.5 Å². The molecule has 1 atom stereocenters. The molecule has 0 aliphatic carbocycles. The molecule has 3 aromatic rings. The molecule has 118 valence electrons. The van der Waals surface area contributed by atoms with Crippen molar-refractivity contribution >= 4 is 27.5 Å². The van der Waals surface area contributed by atoms with Crippen LogP contribution in [0.15, 0.2) is 47.2 Å².